The minimum absolute atomic E-state index is 0.227. The largest absolute Gasteiger partial charge is 0.550 e. The predicted molar refractivity (Wildman–Crippen MR) is 88.7 cm³/mol. The van der Waals surface area contributed by atoms with Gasteiger partial charge in [-0.3, -0.25) is 9.59 Å². The number of carbonyl (C=O) groups is 3. The van der Waals surface area contributed by atoms with E-state index in [0.29, 0.717) is 16.4 Å². The zero-order valence-electron chi connectivity index (χ0n) is 12.5. The Balaban J connectivity index is 2.09. The normalized spacial score (nSPS) is 10.0. The summed E-state index contributed by atoms with van der Waals surface area (Å²) < 4.78 is 0. The molecule has 0 atom stereocenters. The topological polar surface area (TPSA) is 98.3 Å². The lowest BCUT2D eigenvalue weighted by molar-refractivity contribution is -0.305. The Bertz CT molecular complexity index is 759. The standard InChI is InChI=1S/C17H15ClN2O4/c18-11-5-7-12(8-6-11)19-17(24)13-3-1-2-4-14(13)20-15(21)9-10-16(22)23/h1-8H,9-10H2,(H,19,24)(H,20,21)(H,22,23)/p-1. The van der Waals surface area contributed by atoms with Crippen LogP contribution in [0.4, 0.5) is 11.4 Å². The highest BCUT2D eigenvalue weighted by molar-refractivity contribution is 6.30. The van der Waals surface area contributed by atoms with Crippen molar-refractivity contribution < 1.29 is 19.5 Å². The van der Waals surface area contributed by atoms with Crippen LogP contribution in [0.25, 0.3) is 0 Å². The molecule has 0 saturated heterocycles. The van der Waals surface area contributed by atoms with Crippen LogP contribution < -0.4 is 15.7 Å². The van der Waals surface area contributed by atoms with Crippen molar-refractivity contribution in [3.8, 4) is 0 Å². The van der Waals surface area contributed by atoms with Gasteiger partial charge in [-0.05, 0) is 42.8 Å². The van der Waals surface area contributed by atoms with Gasteiger partial charge in [-0.15, -0.1) is 0 Å². The lowest BCUT2D eigenvalue weighted by atomic mass is 10.1. The average molecular weight is 346 g/mol. The molecule has 0 radical (unpaired) electrons. The third-order valence-electron chi connectivity index (χ3n) is 3.10. The molecular weight excluding hydrogens is 332 g/mol. The molecule has 7 heteroatoms. The molecular formula is C17H14ClN2O4-. The van der Waals surface area contributed by atoms with Gasteiger partial charge in [0.1, 0.15) is 0 Å². The van der Waals surface area contributed by atoms with Crippen LogP contribution in [0.1, 0.15) is 23.2 Å². The summed E-state index contributed by atoms with van der Waals surface area (Å²) in [5.41, 5.74) is 1.11. The van der Waals surface area contributed by atoms with Gasteiger partial charge in [-0.25, -0.2) is 0 Å². The Morgan fingerprint density at radius 1 is 0.917 bits per heavy atom. The van der Waals surface area contributed by atoms with Crippen molar-refractivity contribution in [2.75, 3.05) is 10.6 Å². The highest BCUT2D eigenvalue weighted by atomic mass is 35.5. The molecule has 0 spiro atoms. The molecule has 0 unspecified atom stereocenters. The summed E-state index contributed by atoms with van der Waals surface area (Å²) in [5.74, 6) is -2.22. The van der Waals surface area contributed by atoms with E-state index in [4.69, 9.17) is 11.6 Å². The molecule has 0 aliphatic rings. The number of para-hydroxylation sites is 1. The van der Waals surface area contributed by atoms with Gasteiger partial charge < -0.3 is 20.5 Å². The van der Waals surface area contributed by atoms with E-state index in [-0.39, 0.29) is 18.4 Å². The molecule has 6 nitrogen and oxygen atoms in total. The average Bonchev–Trinajstić information content (AvgIpc) is 2.55. The van der Waals surface area contributed by atoms with Crippen molar-refractivity contribution in [2.45, 2.75) is 12.8 Å². The van der Waals surface area contributed by atoms with Crippen molar-refractivity contribution in [1.82, 2.24) is 0 Å². The van der Waals surface area contributed by atoms with E-state index >= 15 is 0 Å². The maximum atomic E-state index is 12.4. The SMILES string of the molecule is O=C([O-])CCC(=O)Nc1ccccc1C(=O)Nc1ccc(Cl)cc1. The first-order valence-corrected chi connectivity index (χ1v) is 7.49. The number of rotatable bonds is 6. The van der Waals surface area contributed by atoms with Crippen molar-refractivity contribution >= 4 is 40.8 Å². The number of nitrogens with one attached hydrogen (secondary N) is 2. The Labute approximate surface area is 143 Å². The number of aliphatic carboxylic acids is 1. The van der Waals surface area contributed by atoms with Gasteiger partial charge in [0.05, 0.1) is 11.3 Å². The summed E-state index contributed by atoms with van der Waals surface area (Å²) >= 11 is 5.79. The second-order valence-electron chi connectivity index (χ2n) is 4.93. The molecule has 2 rings (SSSR count). The fourth-order valence-corrected chi connectivity index (χ4v) is 2.08. The summed E-state index contributed by atoms with van der Waals surface area (Å²) in [6, 6.07) is 13.0. The minimum Gasteiger partial charge on any atom is -0.550 e. The molecule has 2 aromatic rings. The summed E-state index contributed by atoms with van der Waals surface area (Å²) in [6.07, 6.45) is -0.611. The highest BCUT2D eigenvalue weighted by Gasteiger charge is 2.13. The van der Waals surface area contributed by atoms with Crippen LogP contribution >= 0.6 is 11.6 Å². The third-order valence-corrected chi connectivity index (χ3v) is 3.36. The van der Waals surface area contributed by atoms with Gasteiger partial charge in [-0.1, -0.05) is 23.7 Å². The van der Waals surface area contributed by atoms with Gasteiger partial charge in [0.25, 0.3) is 5.91 Å². The first kappa shape index (κ1) is 17.5. The fourth-order valence-electron chi connectivity index (χ4n) is 1.95. The molecule has 124 valence electrons. The van der Waals surface area contributed by atoms with Crippen molar-refractivity contribution in [1.29, 1.82) is 0 Å². The number of amides is 2. The van der Waals surface area contributed by atoms with Gasteiger partial charge in [0, 0.05) is 23.1 Å². The molecule has 0 aliphatic heterocycles. The van der Waals surface area contributed by atoms with Crippen LogP contribution in [-0.4, -0.2) is 17.8 Å². The van der Waals surface area contributed by atoms with Gasteiger partial charge in [0.15, 0.2) is 0 Å². The first-order valence-electron chi connectivity index (χ1n) is 7.11. The molecule has 0 heterocycles. The smallest absolute Gasteiger partial charge is 0.257 e. The molecule has 2 amide bonds. The Hall–Kier alpha value is -2.86. The second-order valence-corrected chi connectivity index (χ2v) is 5.36. The number of halogens is 1. The maximum absolute atomic E-state index is 12.4. The highest BCUT2D eigenvalue weighted by Crippen LogP contribution is 2.19. The van der Waals surface area contributed by atoms with Gasteiger partial charge in [0.2, 0.25) is 5.91 Å². The van der Waals surface area contributed by atoms with Crippen LogP contribution in [0.3, 0.4) is 0 Å². The number of carbonyl (C=O) groups excluding carboxylic acids is 3. The second kappa shape index (κ2) is 8.12. The maximum Gasteiger partial charge on any atom is 0.257 e. The number of hydrogen-bond donors (Lipinski definition) is 2. The van der Waals surface area contributed by atoms with Crippen LogP contribution in [0.5, 0.6) is 0 Å². The van der Waals surface area contributed by atoms with E-state index in [1.165, 1.54) is 0 Å². The monoisotopic (exact) mass is 345 g/mol. The number of carboxylic acid groups (broad SMARTS) is 1. The molecule has 0 saturated carbocycles. The number of hydrogen-bond acceptors (Lipinski definition) is 4. The van der Waals surface area contributed by atoms with Crippen LogP contribution in [0, 0.1) is 0 Å². The number of anilines is 2. The summed E-state index contributed by atoms with van der Waals surface area (Å²) in [7, 11) is 0. The van der Waals surface area contributed by atoms with E-state index in [0.717, 1.165) is 0 Å². The Morgan fingerprint density at radius 3 is 2.25 bits per heavy atom. The van der Waals surface area contributed by atoms with E-state index in [1.807, 2.05) is 0 Å². The lowest BCUT2D eigenvalue weighted by Gasteiger charge is -2.11. The van der Waals surface area contributed by atoms with Crippen LogP contribution in [0.15, 0.2) is 48.5 Å². The Kier molecular flexibility index (Phi) is 5.92. The molecule has 2 aromatic carbocycles. The van der Waals surface area contributed by atoms with Gasteiger partial charge >= 0.3 is 0 Å². The van der Waals surface area contributed by atoms with Crippen molar-refractivity contribution in [3.05, 3.63) is 59.1 Å². The predicted octanol–water partition coefficient (Wildman–Crippen LogP) is 2.06. The number of benzene rings is 2. The lowest BCUT2D eigenvalue weighted by Crippen LogP contribution is -2.24. The van der Waals surface area contributed by atoms with Crippen LogP contribution in [0.2, 0.25) is 5.02 Å². The molecule has 2 N–H and O–H groups in total. The molecule has 0 fully saturated rings. The van der Waals surface area contributed by atoms with Gasteiger partial charge in [-0.2, -0.15) is 0 Å². The summed E-state index contributed by atoms with van der Waals surface area (Å²) in [4.78, 5) is 34.5. The first-order chi connectivity index (χ1) is 11.5. The molecule has 0 aromatic heterocycles. The van der Waals surface area contributed by atoms with E-state index in [1.54, 1.807) is 48.5 Å². The number of carboxylic acids is 1. The molecule has 0 bridgehead atoms. The van der Waals surface area contributed by atoms with E-state index in [2.05, 4.69) is 10.6 Å². The minimum atomic E-state index is -1.31. The van der Waals surface area contributed by atoms with E-state index < -0.39 is 17.8 Å². The third kappa shape index (κ3) is 5.10. The zero-order chi connectivity index (χ0) is 17.5. The summed E-state index contributed by atoms with van der Waals surface area (Å²) in [5, 5.41) is 16.2. The quantitative estimate of drug-likeness (QED) is 0.837. The van der Waals surface area contributed by atoms with E-state index in [9.17, 15) is 19.5 Å². The Morgan fingerprint density at radius 2 is 1.58 bits per heavy atom. The van der Waals surface area contributed by atoms with Crippen LogP contribution in [-0.2, 0) is 9.59 Å². The molecule has 24 heavy (non-hydrogen) atoms. The van der Waals surface area contributed by atoms with Crippen molar-refractivity contribution in [3.63, 3.8) is 0 Å². The van der Waals surface area contributed by atoms with Crippen molar-refractivity contribution in [2.24, 2.45) is 0 Å². The summed E-state index contributed by atoms with van der Waals surface area (Å²) in [6.45, 7) is 0. The fraction of sp³-hybridized carbons (Fsp3) is 0.118. The molecule has 0 aliphatic carbocycles. The zero-order valence-corrected chi connectivity index (χ0v) is 13.3.